The van der Waals surface area contributed by atoms with Crippen molar-refractivity contribution in [1.29, 1.82) is 0 Å². The Bertz CT molecular complexity index is 910. The number of nitrogens with one attached hydrogen (secondary N) is 2. The zero-order valence-corrected chi connectivity index (χ0v) is 16.2. The van der Waals surface area contributed by atoms with Crippen molar-refractivity contribution in [3.8, 4) is 0 Å². The predicted octanol–water partition coefficient (Wildman–Crippen LogP) is -1.07. The van der Waals surface area contributed by atoms with Gasteiger partial charge >= 0.3 is 0 Å². The average molecular weight is 411 g/mol. The number of rotatable bonds is 7. The highest BCUT2D eigenvalue weighted by Crippen LogP contribution is 2.22. The molecule has 0 spiro atoms. The molecule has 1 aromatic rings. The van der Waals surface area contributed by atoms with Crippen LogP contribution in [-0.4, -0.2) is 54.4 Å². The number of H-pyrrole nitrogens is 1. The van der Waals surface area contributed by atoms with Crippen LogP contribution in [-0.2, 0) is 24.4 Å². The molecule has 2 rings (SSSR count). The Kier molecular flexibility index (Phi) is 7.08. The summed E-state index contributed by atoms with van der Waals surface area (Å²) in [7, 11) is -4.60. The SMILES string of the molecule is CC(C[CH]C(=O)N([C@H]1CCCNCC1=O)S(=O)(=O)c1ccc[nH]c1=O)C(N)=O. The molecule has 0 aromatic carbocycles. The van der Waals surface area contributed by atoms with Gasteiger partial charge in [-0.3, -0.25) is 19.2 Å². The van der Waals surface area contributed by atoms with Crippen molar-refractivity contribution in [1.82, 2.24) is 14.6 Å². The quantitative estimate of drug-likeness (QED) is 0.515. The first-order valence-electron chi connectivity index (χ1n) is 8.78. The lowest BCUT2D eigenvalue weighted by atomic mass is 10.0. The second kappa shape index (κ2) is 9.11. The second-order valence-electron chi connectivity index (χ2n) is 6.55. The van der Waals surface area contributed by atoms with Gasteiger partial charge in [-0.2, -0.15) is 0 Å². The van der Waals surface area contributed by atoms with Gasteiger partial charge in [0, 0.05) is 12.1 Å². The third kappa shape index (κ3) is 4.84. The number of hydrogen-bond acceptors (Lipinski definition) is 7. The molecule has 2 heterocycles. The normalized spacial score (nSPS) is 18.9. The molecule has 0 aliphatic carbocycles. The summed E-state index contributed by atoms with van der Waals surface area (Å²) < 4.78 is 26.7. The summed E-state index contributed by atoms with van der Waals surface area (Å²) in [5, 5.41) is 2.87. The van der Waals surface area contributed by atoms with Gasteiger partial charge in [0.2, 0.25) is 11.8 Å². The number of aromatic nitrogens is 1. The fourth-order valence-corrected chi connectivity index (χ4v) is 4.42. The summed E-state index contributed by atoms with van der Waals surface area (Å²) in [5.41, 5.74) is 4.27. The molecule has 2 atom stereocenters. The Morgan fingerprint density at radius 2 is 2.11 bits per heavy atom. The van der Waals surface area contributed by atoms with Gasteiger partial charge in [-0.15, -0.1) is 0 Å². The minimum absolute atomic E-state index is 0.0905. The van der Waals surface area contributed by atoms with Gasteiger partial charge in [-0.25, -0.2) is 12.7 Å². The lowest BCUT2D eigenvalue weighted by molar-refractivity contribution is -0.131. The van der Waals surface area contributed by atoms with E-state index in [0.717, 1.165) is 12.5 Å². The molecule has 28 heavy (non-hydrogen) atoms. The Morgan fingerprint density at radius 1 is 1.39 bits per heavy atom. The average Bonchev–Trinajstić information content (AvgIpc) is 2.84. The van der Waals surface area contributed by atoms with E-state index in [1.165, 1.54) is 19.2 Å². The van der Waals surface area contributed by atoms with E-state index in [0.29, 0.717) is 17.3 Å². The first-order chi connectivity index (χ1) is 13.2. The third-order valence-corrected chi connectivity index (χ3v) is 6.28. The van der Waals surface area contributed by atoms with Crippen molar-refractivity contribution < 1.29 is 22.8 Å². The molecule has 153 valence electrons. The summed E-state index contributed by atoms with van der Waals surface area (Å²) in [6.45, 7) is 1.90. The molecule has 1 aliphatic rings. The second-order valence-corrected chi connectivity index (χ2v) is 8.33. The highest BCUT2D eigenvalue weighted by molar-refractivity contribution is 7.89. The van der Waals surface area contributed by atoms with Crippen LogP contribution in [0.1, 0.15) is 26.2 Å². The Labute approximate surface area is 162 Å². The standard InChI is InChI=1S/C17H23N4O6S/c1-11(16(18)24)6-7-15(23)21(12-4-2-8-19-10-13(12)22)28(26,27)14-5-3-9-20-17(14)25/h3,5,7,9,11-12,19H,2,4,6,8,10H2,1H3,(H2,18,24)(H,20,25)/t11?,12-/m0/s1. The van der Waals surface area contributed by atoms with Crippen LogP contribution in [0.3, 0.4) is 0 Å². The maximum atomic E-state index is 13.1. The van der Waals surface area contributed by atoms with Crippen molar-refractivity contribution in [3.05, 3.63) is 35.1 Å². The molecule has 1 fully saturated rings. The number of primary amides is 1. The van der Waals surface area contributed by atoms with Crippen LogP contribution >= 0.6 is 0 Å². The van der Waals surface area contributed by atoms with Gasteiger partial charge < -0.3 is 16.0 Å². The minimum Gasteiger partial charge on any atom is -0.369 e. The van der Waals surface area contributed by atoms with Crippen molar-refractivity contribution in [2.75, 3.05) is 13.1 Å². The van der Waals surface area contributed by atoms with E-state index in [4.69, 9.17) is 5.73 Å². The van der Waals surface area contributed by atoms with E-state index in [2.05, 4.69) is 10.3 Å². The highest BCUT2D eigenvalue weighted by Gasteiger charge is 2.40. The molecule has 1 unspecified atom stereocenters. The predicted molar refractivity (Wildman–Crippen MR) is 99.3 cm³/mol. The summed E-state index contributed by atoms with van der Waals surface area (Å²) in [4.78, 5) is 50.1. The number of nitrogens with zero attached hydrogens (tertiary/aromatic N) is 1. The molecule has 1 saturated heterocycles. The summed E-state index contributed by atoms with van der Waals surface area (Å²) >= 11 is 0. The largest absolute Gasteiger partial charge is 0.369 e. The van der Waals surface area contributed by atoms with Crippen LogP contribution in [0.25, 0.3) is 0 Å². The molecule has 1 aromatic heterocycles. The van der Waals surface area contributed by atoms with Crippen LogP contribution in [0.4, 0.5) is 0 Å². The molecule has 1 aliphatic heterocycles. The Balaban J connectivity index is 2.45. The van der Waals surface area contributed by atoms with E-state index < -0.39 is 50.0 Å². The number of ketones is 1. The van der Waals surface area contributed by atoms with Crippen molar-refractivity contribution in [2.45, 2.75) is 37.1 Å². The number of sulfonamides is 1. The molecule has 1 radical (unpaired) electrons. The highest BCUT2D eigenvalue weighted by atomic mass is 32.2. The van der Waals surface area contributed by atoms with E-state index >= 15 is 0 Å². The zero-order valence-electron chi connectivity index (χ0n) is 15.4. The number of nitrogens with two attached hydrogens (primary N) is 1. The number of carbonyl (C=O) groups is 3. The molecule has 4 N–H and O–H groups in total. The molecule has 0 saturated carbocycles. The fraction of sp³-hybridized carbons (Fsp3) is 0.471. The number of carbonyl (C=O) groups excluding carboxylic acids is 3. The summed E-state index contributed by atoms with van der Waals surface area (Å²) in [6.07, 6.45) is 2.77. The van der Waals surface area contributed by atoms with Crippen LogP contribution in [0.2, 0.25) is 0 Å². The maximum absolute atomic E-state index is 13.1. The minimum atomic E-state index is -4.60. The Morgan fingerprint density at radius 3 is 2.75 bits per heavy atom. The van der Waals surface area contributed by atoms with Crippen LogP contribution < -0.4 is 16.6 Å². The van der Waals surface area contributed by atoms with Crippen molar-refractivity contribution >= 4 is 27.6 Å². The zero-order chi connectivity index (χ0) is 20.9. The third-order valence-electron chi connectivity index (χ3n) is 4.45. The van der Waals surface area contributed by atoms with Crippen molar-refractivity contribution in [3.63, 3.8) is 0 Å². The smallest absolute Gasteiger partial charge is 0.272 e. The van der Waals surface area contributed by atoms with Gasteiger partial charge in [0.25, 0.3) is 15.6 Å². The van der Waals surface area contributed by atoms with E-state index in [9.17, 15) is 27.6 Å². The number of aromatic amines is 1. The fourth-order valence-electron chi connectivity index (χ4n) is 2.80. The summed E-state index contributed by atoms with van der Waals surface area (Å²) in [5.74, 6) is -2.79. The monoisotopic (exact) mass is 411 g/mol. The number of amides is 2. The van der Waals surface area contributed by atoms with Crippen LogP contribution in [0.5, 0.6) is 0 Å². The molecule has 0 bridgehead atoms. The molecular weight excluding hydrogens is 388 g/mol. The maximum Gasteiger partial charge on any atom is 0.272 e. The first kappa shape index (κ1) is 21.8. The van der Waals surface area contributed by atoms with Gasteiger partial charge in [0.1, 0.15) is 6.04 Å². The molecule has 11 heteroatoms. The van der Waals surface area contributed by atoms with Gasteiger partial charge in [0.15, 0.2) is 10.7 Å². The summed E-state index contributed by atoms with van der Waals surface area (Å²) in [6, 6.07) is 1.14. The molecule has 10 nitrogen and oxygen atoms in total. The van der Waals surface area contributed by atoms with Crippen LogP contribution in [0.15, 0.2) is 28.0 Å². The van der Waals surface area contributed by atoms with E-state index in [1.807, 2.05) is 0 Å². The van der Waals surface area contributed by atoms with Crippen LogP contribution in [0, 0.1) is 12.3 Å². The van der Waals surface area contributed by atoms with Crippen molar-refractivity contribution in [2.24, 2.45) is 11.7 Å². The van der Waals surface area contributed by atoms with Gasteiger partial charge in [0.05, 0.1) is 13.0 Å². The molecule has 2 amide bonds. The number of hydrogen-bond donors (Lipinski definition) is 3. The number of Topliss-reactive ketones (excluding diaryl/α,β-unsaturated/α-hetero) is 1. The first-order valence-corrected chi connectivity index (χ1v) is 10.2. The van der Waals surface area contributed by atoms with Gasteiger partial charge in [-0.05, 0) is 37.9 Å². The molecular formula is C17H23N4O6S. The van der Waals surface area contributed by atoms with E-state index in [1.54, 1.807) is 0 Å². The Hall–Kier alpha value is -2.53. The van der Waals surface area contributed by atoms with Gasteiger partial charge in [-0.1, -0.05) is 6.92 Å². The van der Waals surface area contributed by atoms with E-state index in [-0.39, 0.29) is 19.4 Å². The lowest BCUT2D eigenvalue weighted by Gasteiger charge is -2.29. The topological polar surface area (TPSA) is 160 Å². The lowest BCUT2D eigenvalue weighted by Crippen LogP contribution is -2.50. The number of pyridine rings is 1.